The average molecular weight is 358 g/mol. The van der Waals surface area contributed by atoms with Gasteiger partial charge in [0.25, 0.3) is 0 Å². The van der Waals surface area contributed by atoms with Crippen LogP contribution >= 0.6 is 0 Å². The zero-order valence-electron chi connectivity index (χ0n) is 14.5. The van der Waals surface area contributed by atoms with Gasteiger partial charge in [-0.25, -0.2) is 9.59 Å². The van der Waals surface area contributed by atoms with E-state index >= 15 is 0 Å². The average Bonchev–Trinajstić information content (AvgIpc) is 2.87. The third kappa shape index (κ3) is 2.18. The van der Waals surface area contributed by atoms with Gasteiger partial charge in [0, 0.05) is 11.3 Å². The second-order valence-corrected chi connectivity index (χ2v) is 5.73. The lowest BCUT2D eigenvalue weighted by Gasteiger charge is -2.35. The summed E-state index contributed by atoms with van der Waals surface area (Å²) in [6.45, 7) is 3.21. The van der Waals surface area contributed by atoms with Crippen LogP contribution in [0.15, 0.2) is 47.1 Å². The van der Waals surface area contributed by atoms with E-state index in [0.29, 0.717) is 11.3 Å². The molecule has 0 saturated carbocycles. The fourth-order valence-corrected chi connectivity index (χ4v) is 3.45. The van der Waals surface area contributed by atoms with Crippen molar-refractivity contribution >= 4 is 23.5 Å². The van der Waals surface area contributed by atoms with Crippen LogP contribution in [0.3, 0.4) is 0 Å². The van der Waals surface area contributed by atoms with Gasteiger partial charge in [-0.3, -0.25) is 4.79 Å². The van der Waals surface area contributed by atoms with E-state index in [1.54, 1.807) is 31.2 Å². The molecule has 1 amide bonds. The van der Waals surface area contributed by atoms with Crippen LogP contribution < -0.4 is 11.1 Å². The molecule has 0 saturated heterocycles. The Morgan fingerprint density at radius 3 is 2.58 bits per heavy atom. The van der Waals surface area contributed by atoms with Crippen LogP contribution in [0.2, 0.25) is 0 Å². The molecule has 0 aliphatic carbocycles. The third-order valence-electron chi connectivity index (χ3n) is 4.40. The summed E-state index contributed by atoms with van der Waals surface area (Å²) >= 11 is 0. The standard InChI is InChI=1S/C18H18N2O6/c1-4-25-16(22)12-9(2)26-14(19)13(15(21)24-3)18(12)10-7-5-6-8-11(10)20-17(18)23/h5-8H,4,19H2,1-3H3,(H,20,23). The second-order valence-electron chi connectivity index (χ2n) is 5.73. The Hall–Kier alpha value is -3.29. The molecule has 1 aromatic rings. The first-order valence-electron chi connectivity index (χ1n) is 7.95. The van der Waals surface area contributed by atoms with E-state index in [0.717, 1.165) is 7.11 Å². The minimum Gasteiger partial charge on any atom is -0.465 e. The van der Waals surface area contributed by atoms with Gasteiger partial charge in [0.1, 0.15) is 22.3 Å². The molecule has 1 unspecified atom stereocenters. The van der Waals surface area contributed by atoms with Crippen LogP contribution in [-0.2, 0) is 34.0 Å². The lowest BCUT2D eigenvalue weighted by molar-refractivity contribution is -0.142. The predicted octanol–water partition coefficient (Wildman–Crippen LogP) is 1.09. The number of amides is 1. The Morgan fingerprint density at radius 1 is 1.23 bits per heavy atom. The number of nitrogens with two attached hydrogens (primary N) is 1. The number of rotatable bonds is 3. The van der Waals surface area contributed by atoms with E-state index in [1.807, 2.05) is 0 Å². The van der Waals surface area contributed by atoms with Gasteiger partial charge in [0.15, 0.2) is 0 Å². The molecule has 26 heavy (non-hydrogen) atoms. The molecule has 1 aromatic carbocycles. The van der Waals surface area contributed by atoms with Crippen molar-refractivity contribution in [3.05, 3.63) is 52.6 Å². The molecule has 0 bridgehead atoms. The van der Waals surface area contributed by atoms with Gasteiger partial charge < -0.3 is 25.3 Å². The number of nitrogens with one attached hydrogen (secondary N) is 1. The first-order chi connectivity index (χ1) is 12.4. The van der Waals surface area contributed by atoms with Crippen LogP contribution in [0.5, 0.6) is 0 Å². The smallest absolute Gasteiger partial charge is 0.340 e. The molecule has 2 aliphatic rings. The number of anilines is 1. The molecule has 3 N–H and O–H groups in total. The summed E-state index contributed by atoms with van der Waals surface area (Å²) in [5.74, 6) is -2.46. The van der Waals surface area contributed by atoms with Crippen molar-refractivity contribution in [2.24, 2.45) is 5.73 Å². The van der Waals surface area contributed by atoms with E-state index in [2.05, 4.69) is 5.32 Å². The Morgan fingerprint density at radius 2 is 1.92 bits per heavy atom. The van der Waals surface area contributed by atoms with E-state index in [-0.39, 0.29) is 29.4 Å². The number of ether oxygens (including phenoxy) is 3. The van der Waals surface area contributed by atoms with Crippen molar-refractivity contribution in [1.82, 2.24) is 0 Å². The molecule has 8 heteroatoms. The fourth-order valence-electron chi connectivity index (χ4n) is 3.45. The summed E-state index contributed by atoms with van der Waals surface area (Å²) in [7, 11) is 1.16. The number of carbonyl (C=O) groups is 3. The highest BCUT2D eigenvalue weighted by Crippen LogP contribution is 2.52. The number of allylic oxidation sites excluding steroid dienone is 1. The first-order valence-corrected chi connectivity index (χ1v) is 7.95. The lowest BCUT2D eigenvalue weighted by Crippen LogP contribution is -2.48. The number of hydrogen-bond acceptors (Lipinski definition) is 7. The number of esters is 2. The van der Waals surface area contributed by atoms with Gasteiger partial charge >= 0.3 is 11.9 Å². The highest BCUT2D eigenvalue weighted by Gasteiger charge is 2.61. The molecule has 2 heterocycles. The normalized spacial score (nSPS) is 21.3. The van der Waals surface area contributed by atoms with Crippen molar-refractivity contribution < 1.29 is 28.6 Å². The van der Waals surface area contributed by atoms with E-state index < -0.39 is 23.3 Å². The lowest BCUT2D eigenvalue weighted by atomic mass is 9.67. The number of benzene rings is 1. The summed E-state index contributed by atoms with van der Waals surface area (Å²) in [5, 5.41) is 2.70. The zero-order chi connectivity index (χ0) is 19.1. The third-order valence-corrected chi connectivity index (χ3v) is 4.40. The van der Waals surface area contributed by atoms with Gasteiger partial charge in [0.2, 0.25) is 11.8 Å². The fraction of sp³-hybridized carbons (Fsp3) is 0.278. The Labute approximate surface area is 149 Å². The molecule has 0 fully saturated rings. The molecule has 1 atom stereocenters. The molecular weight excluding hydrogens is 340 g/mol. The van der Waals surface area contributed by atoms with Gasteiger partial charge in [-0.05, 0) is 19.9 Å². The van der Waals surface area contributed by atoms with Crippen molar-refractivity contribution in [1.29, 1.82) is 0 Å². The molecule has 3 rings (SSSR count). The highest BCUT2D eigenvalue weighted by molar-refractivity contribution is 6.21. The zero-order valence-corrected chi connectivity index (χ0v) is 14.5. The summed E-state index contributed by atoms with van der Waals surface area (Å²) in [6.07, 6.45) is 0. The number of methoxy groups -OCH3 is 1. The van der Waals surface area contributed by atoms with Gasteiger partial charge in [-0.2, -0.15) is 0 Å². The quantitative estimate of drug-likeness (QED) is 0.777. The predicted molar refractivity (Wildman–Crippen MR) is 90.4 cm³/mol. The Bertz CT molecular complexity index is 885. The van der Waals surface area contributed by atoms with Gasteiger partial charge in [0.05, 0.1) is 13.7 Å². The number of carbonyl (C=O) groups excluding carboxylic acids is 3. The van der Waals surface area contributed by atoms with Crippen molar-refractivity contribution in [2.45, 2.75) is 19.3 Å². The molecular formula is C18H18N2O6. The van der Waals surface area contributed by atoms with Crippen LogP contribution in [0.25, 0.3) is 0 Å². The first kappa shape index (κ1) is 17.5. The number of hydrogen-bond donors (Lipinski definition) is 2. The summed E-state index contributed by atoms with van der Waals surface area (Å²) < 4.78 is 15.4. The van der Waals surface area contributed by atoms with Crippen LogP contribution in [0.4, 0.5) is 5.69 Å². The van der Waals surface area contributed by atoms with Crippen LogP contribution in [0, 0.1) is 0 Å². The maximum atomic E-state index is 13.1. The topological polar surface area (TPSA) is 117 Å². The Kier molecular flexibility index (Phi) is 4.19. The number of para-hydroxylation sites is 1. The van der Waals surface area contributed by atoms with Crippen molar-refractivity contribution in [3.63, 3.8) is 0 Å². The largest absolute Gasteiger partial charge is 0.465 e. The maximum absolute atomic E-state index is 13.1. The highest BCUT2D eigenvalue weighted by atomic mass is 16.5. The monoisotopic (exact) mass is 358 g/mol. The van der Waals surface area contributed by atoms with Crippen LogP contribution in [-0.4, -0.2) is 31.6 Å². The van der Waals surface area contributed by atoms with Crippen molar-refractivity contribution in [2.75, 3.05) is 19.0 Å². The van der Waals surface area contributed by atoms with Gasteiger partial charge in [-0.15, -0.1) is 0 Å². The molecule has 1 spiro atoms. The second kappa shape index (κ2) is 6.21. The molecule has 0 radical (unpaired) electrons. The SMILES string of the molecule is CCOC(=O)C1=C(C)OC(N)=C(C(=O)OC)C12C(=O)Nc1ccccc12. The summed E-state index contributed by atoms with van der Waals surface area (Å²) in [5.41, 5.74) is 4.65. The van der Waals surface area contributed by atoms with E-state index in [1.165, 1.54) is 6.92 Å². The van der Waals surface area contributed by atoms with E-state index in [9.17, 15) is 14.4 Å². The molecule has 2 aliphatic heterocycles. The minimum atomic E-state index is -1.80. The molecule has 8 nitrogen and oxygen atoms in total. The number of fused-ring (bicyclic) bond motifs is 2. The maximum Gasteiger partial charge on any atom is 0.340 e. The minimum absolute atomic E-state index is 0.0838. The van der Waals surface area contributed by atoms with Crippen molar-refractivity contribution in [3.8, 4) is 0 Å². The van der Waals surface area contributed by atoms with E-state index in [4.69, 9.17) is 19.9 Å². The molecule has 0 aromatic heterocycles. The Balaban J connectivity index is 2.40. The van der Waals surface area contributed by atoms with Gasteiger partial charge in [-0.1, -0.05) is 18.2 Å². The summed E-state index contributed by atoms with van der Waals surface area (Å²) in [4.78, 5) is 38.4. The van der Waals surface area contributed by atoms with Crippen LogP contribution in [0.1, 0.15) is 19.4 Å². The summed E-state index contributed by atoms with van der Waals surface area (Å²) in [6, 6.07) is 6.73. The molecule has 136 valence electrons.